The Labute approximate surface area is 106 Å². The predicted molar refractivity (Wildman–Crippen MR) is 71.6 cm³/mol. The normalized spacial score (nSPS) is 26.5. The maximum Gasteiger partial charge on any atom is 0.236 e. The number of nitrogens with one attached hydrogen (secondary N) is 1. The summed E-state index contributed by atoms with van der Waals surface area (Å²) in [6, 6.07) is -0.315. The van der Waals surface area contributed by atoms with Gasteiger partial charge < -0.3 is 11.1 Å². The highest BCUT2D eigenvalue weighted by molar-refractivity contribution is 5.81. The Morgan fingerprint density at radius 1 is 1.47 bits per heavy atom. The number of rotatable bonds is 6. The Morgan fingerprint density at radius 3 is 2.88 bits per heavy atom. The van der Waals surface area contributed by atoms with Crippen LogP contribution < -0.4 is 11.1 Å². The van der Waals surface area contributed by atoms with Crippen LogP contribution in [0.25, 0.3) is 0 Å². The third kappa shape index (κ3) is 5.53. The molecule has 0 heterocycles. The number of amides is 1. The summed E-state index contributed by atoms with van der Waals surface area (Å²) in [5, 5.41) is 2.97. The van der Waals surface area contributed by atoms with Gasteiger partial charge in [0.25, 0.3) is 0 Å². The van der Waals surface area contributed by atoms with Crippen molar-refractivity contribution in [2.75, 3.05) is 6.54 Å². The van der Waals surface area contributed by atoms with Crippen molar-refractivity contribution in [3.8, 4) is 0 Å². The van der Waals surface area contributed by atoms with Crippen LogP contribution >= 0.6 is 0 Å². The fourth-order valence-electron chi connectivity index (χ4n) is 2.79. The van der Waals surface area contributed by atoms with Crippen LogP contribution in [0, 0.1) is 11.8 Å². The fourth-order valence-corrected chi connectivity index (χ4v) is 2.79. The maximum atomic E-state index is 11.6. The molecule has 0 aromatic carbocycles. The minimum atomic E-state index is -0.315. The third-order valence-electron chi connectivity index (χ3n) is 3.83. The molecule has 0 aromatic heterocycles. The van der Waals surface area contributed by atoms with Crippen LogP contribution in [0.1, 0.15) is 58.8 Å². The maximum absolute atomic E-state index is 11.6. The Hall–Kier alpha value is -0.570. The lowest BCUT2D eigenvalue weighted by Gasteiger charge is -2.26. The smallest absolute Gasteiger partial charge is 0.236 e. The molecular weight excluding hydrogens is 212 g/mol. The molecule has 1 saturated carbocycles. The molecule has 0 aliphatic heterocycles. The summed E-state index contributed by atoms with van der Waals surface area (Å²) in [6.45, 7) is 5.19. The van der Waals surface area contributed by atoms with E-state index in [2.05, 4.69) is 19.2 Å². The quantitative estimate of drug-likeness (QED) is 0.749. The van der Waals surface area contributed by atoms with E-state index in [1.54, 1.807) is 0 Å². The van der Waals surface area contributed by atoms with Crippen molar-refractivity contribution in [2.24, 2.45) is 17.6 Å². The van der Waals surface area contributed by atoms with Crippen LogP contribution in [-0.4, -0.2) is 18.5 Å². The summed E-state index contributed by atoms with van der Waals surface area (Å²) in [6.07, 6.45) is 8.27. The monoisotopic (exact) mass is 240 g/mol. The highest BCUT2D eigenvalue weighted by Crippen LogP contribution is 2.30. The number of carbonyl (C=O) groups excluding carboxylic acids is 1. The second-order valence-corrected chi connectivity index (χ2v) is 5.61. The number of hydrogen-bond acceptors (Lipinski definition) is 2. The van der Waals surface area contributed by atoms with E-state index in [-0.39, 0.29) is 11.9 Å². The van der Waals surface area contributed by atoms with E-state index in [1.807, 2.05) is 0 Å². The topological polar surface area (TPSA) is 55.1 Å². The van der Waals surface area contributed by atoms with Gasteiger partial charge in [0.2, 0.25) is 5.91 Å². The van der Waals surface area contributed by atoms with Crippen molar-refractivity contribution in [1.82, 2.24) is 5.32 Å². The first-order valence-corrected chi connectivity index (χ1v) is 7.16. The number of hydrogen-bond donors (Lipinski definition) is 2. The minimum absolute atomic E-state index is 0.0238. The molecule has 3 nitrogen and oxygen atoms in total. The molecule has 3 atom stereocenters. The second kappa shape index (κ2) is 7.70. The average molecular weight is 240 g/mol. The zero-order valence-electron chi connectivity index (χ0n) is 11.4. The van der Waals surface area contributed by atoms with E-state index in [0.717, 1.165) is 37.6 Å². The van der Waals surface area contributed by atoms with Crippen molar-refractivity contribution in [2.45, 2.75) is 64.8 Å². The molecule has 1 fully saturated rings. The van der Waals surface area contributed by atoms with E-state index in [1.165, 1.54) is 25.7 Å². The average Bonchev–Trinajstić information content (AvgIpc) is 2.29. The van der Waals surface area contributed by atoms with Crippen LogP contribution in [0.15, 0.2) is 0 Å². The summed E-state index contributed by atoms with van der Waals surface area (Å²) in [5.41, 5.74) is 5.76. The lowest BCUT2D eigenvalue weighted by Crippen LogP contribution is -2.41. The molecule has 0 aromatic rings. The molecule has 1 aliphatic rings. The lowest BCUT2D eigenvalue weighted by atomic mass is 9.81. The second-order valence-electron chi connectivity index (χ2n) is 5.61. The van der Waals surface area contributed by atoms with Gasteiger partial charge in [-0.2, -0.15) is 0 Å². The summed E-state index contributed by atoms with van der Waals surface area (Å²) in [5.74, 6) is 1.70. The summed E-state index contributed by atoms with van der Waals surface area (Å²) in [4.78, 5) is 11.6. The van der Waals surface area contributed by atoms with Crippen LogP contribution in [-0.2, 0) is 4.79 Å². The fraction of sp³-hybridized carbons (Fsp3) is 0.929. The highest BCUT2D eigenvalue weighted by atomic mass is 16.2. The van der Waals surface area contributed by atoms with Gasteiger partial charge in [0.15, 0.2) is 0 Å². The Bertz CT molecular complexity index is 230. The first-order chi connectivity index (χ1) is 8.13. The lowest BCUT2D eigenvalue weighted by molar-refractivity contribution is -0.122. The summed E-state index contributed by atoms with van der Waals surface area (Å²) in [7, 11) is 0. The molecule has 0 bridgehead atoms. The first kappa shape index (κ1) is 14.5. The van der Waals surface area contributed by atoms with Gasteiger partial charge in [-0.05, 0) is 31.1 Å². The largest absolute Gasteiger partial charge is 0.355 e. The molecule has 3 heteroatoms. The third-order valence-corrected chi connectivity index (χ3v) is 3.83. The van der Waals surface area contributed by atoms with E-state index in [0.29, 0.717) is 0 Å². The van der Waals surface area contributed by atoms with Gasteiger partial charge in [-0.3, -0.25) is 4.79 Å². The van der Waals surface area contributed by atoms with Crippen molar-refractivity contribution in [3.63, 3.8) is 0 Å². The molecule has 17 heavy (non-hydrogen) atoms. The Balaban J connectivity index is 2.12. The van der Waals surface area contributed by atoms with Gasteiger partial charge in [0.1, 0.15) is 0 Å². The number of nitrogens with two attached hydrogens (primary N) is 1. The van der Waals surface area contributed by atoms with E-state index in [9.17, 15) is 4.79 Å². The van der Waals surface area contributed by atoms with Crippen LogP contribution in [0.3, 0.4) is 0 Å². The van der Waals surface area contributed by atoms with E-state index < -0.39 is 0 Å². The summed E-state index contributed by atoms with van der Waals surface area (Å²) < 4.78 is 0. The highest BCUT2D eigenvalue weighted by Gasteiger charge is 2.19. The molecule has 0 spiro atoms. The SMILES string of the molecule is CCCC(N)C(=O)NCCC1CCCC(C)C1. The Morgan fingerprint density at radius 2 is 2.24 bits per heavy atom. The van der Waals surface area contributed by atoms with Gasteiger partial charge >= 0.3 is 0 Å². The zero-order valence-corrected chi connectivity index (χ0v) is 11.4. The molecule has 0 radical (unpaired) electrons. The summed E-state index contributed by atoms with van der Waals surface area (Å²) >= 11 is 0. The van der Waals surface area contributed by atoms with Gasteiger partial charge in [0, 0.05) is 6.54 Å². The molecule has 1 rings (SSSR count). The zero-order chi connectivity index (χ0) is 12.7. The van der Waals surface area contributed by atoms with Crippen molar-refractivity contribution >= 4 is 5.91 Å². The van der Waals surface area contributed by atoms with Crippen LogP contribution in [0.5, 0.6) is 0 Å². The standard InChI is InChI=1S/C14H28N2O/c1-3-5-13(15)14(17)16-9-8-12-7-4-6-11(2)10-12/h11-13H,3-10,15H2,1-2H3,(H,16,17). The number of carbonyl (C=O) groups is 1. The van der Waals surface area contributed by atoms with Crippen molar-refractivity contribution in [3.05, 3.63) is 0 Å². The van der Waals surface area contributed by atoms with Crippen molar-refractivity contribution in [1.29, 1.82) is 0 Å². The molecule has 0 saturated heterocycles. The molecule has 1 amide bonds. The van der Waals surface area contributed by atoms with Gasteiger partial charge in [-0.15, -0.1) is 0 Å². The van der Waals surface area contributed by atoms with Crippen LogP contribution in [0.2, 0.25) is 0 Å². The van der Waals surface area contributed by atoms with Crippen molar-refractivity contribution < 1.29 is 4.79 Å². The molecule has 3 N–H and O–H groups in total. The molecule has 3 unspecified atom stereocenters. The van der Waals surface area contributed by atoms with Gasteiger partial charge in [-0.25, -0.2) is 0 Å². The van der Waals surface area contributed by atoms with E-state index >= 15 is 0 Å². The first-order valence-electron chi connectivity index (χ1n) is 7.16. The van der Waals surface area contributed by atoms with Gasteiger partial charge in [-0.1, -0.05) is 39.5 Å². The Kier molecular flexibility index (Phi) is 6.56. The molecule has 1 aliphatic carbocycles. The molecule has 100 valence electrons. The van der Waals surface area contributed by atoms with Gasteiger partial charge in [0.05, 0.1) is 6.04 Å². The van der Waals surface area contributed by atoms with E-state index in [4.69, 9.17) is 5.73 Å². The predicted octanol–water partition coefficient (Wildman–Crippen LogP) is 2.45. The van der Waals surface area contributed by atoms with Crippen LogP contribution in [0.4, 0.5) is 0 Å². The minimum Gasteiger partial charge on any atom is -0.355 e. The molecular formula is C14H28N2O.